The van der Waals surface area contributed by atoms with E-state index in [0.29, 0.717) is 0 Å². The summed E-state index contributed by atoms with van der Waals surface area (Å²) < 4.78 is 112. The SMILES string of the molecule is CC(=O)N[C@H]1[C@H](O[C@H]2[C@H](O)[C@@H](NC(C)=O)C(O)O[C@@H]2CO[C@@H]2O[C@@H](C)[C@@H](O)[C@@H](O)[C@@H]2O)O[C@H](CO)[C@@H](O[C@@H]2O[C@H](CO[C@H]3O[C@H](CO)[C@@H](O)[C@H](O)[C@@H]3O[C@@H]3O[C@H](CO)[C@@H](O[C@@H]4O[C@H](CO)[C@H](O)[C@H](O[C@@H]5O[C@H](CO)[C@@H](O[C@@H]6O[C@H](CO)[C@H](O)[C@H](O)[C@H]6O[C@@H]6O[C@@H](C)[C@@H](O)[C@@H](O)[C@@H]6O)[C@H](O)[C@H]5NC(C)=O)[C@H]4O)[C@H](O)[C@H]3NC(C)=O)[C@@H](O)[C@H](O)[C@@H]2O)[C@@H]1O. The Labute approximate surface area is 686 Å². The fourth-order valence-corrected chi connectivity index (χ4v) is 15.7. The van der Waals surface area contributed by atoms with Crippen molar-refractivity contribution in [1.82, 2.24) is 21.3 Å². The summed E-state index contributed by atoms with van der Waals surface area (Å²) >= 11 is 0. The Balaban J connectivity index is 0.828. The van der Waals surface area contributed by atoms with Crippen molar-refractivity contribution in [2.45, 2.75) is 348 Å². The van der Waals surface area contributed by atoms with Crippen molar-refractivity contribution in [1.29, 1.82) is 0 Å². The predicted octanol–water partition coefficient (Wildman–Crippen LogP) is -20.2. The first-order valence-electron chi connectivity index (χ1n) is 38.8. The first kappa shape index (κ1) is 99.2. The van der Waals surface area contributed by atoms with E-state index < -0.39 is 383 Å². The van der Waals surface area contributed by atoms with Crippen molar-refractivity contribution in [3.8, 4) is 0 Å². The van der Waals surface area contributed by atoms with Crippen LogP contribution in [0, 0.1) is 0 Å². The molecule has 121 heavy (non-hydrogen) atoms. The van der Waals surface area contributed by atoms with Crippen LogP contribution in [0.3, 0.4) is 0 Å². The van der Waals surface area contributed by atoms with Gasteiger partial charge in [0.2, 0.25) is 23.6 Å². The van der Waals surface area contributed by atoms with E-state index in [-0.39, 0.29) is 0 Å². The molecule has 53 nitrogen and oxygen atoms in total. The lowest BCUT2D eigenvalue weighted by atomic mass is 9.94. The second kappa shape index (κ2) is 43.0. The van der Waals surface area contributed by atoms with Gasteiger partial charge in [0, 0.05) is 27.7 Å². The molecule has 0 bridgehead atoms. The number of ether oxygens (including phenoxy) is 19. The van der Waals surface area contributed by atoms with E-state index in [0.717, 1.165) is 27.7 Å². The van der Waals surface area contributed by atoms with E-state index in [9.17, 15) is 152 Å². The molecule has 0 radical (unpaired) electrons. The number of rotatable bonds is 30. The van der Waals surface area contributed by atoms with Crippen LogP contribution >= 0.6 is 0 Å². The fourth-order valence-electron chi connectivity index (χ4n) is 15.7. The first-order valence-corrected chi connectivity index (χ1v) is 38.8. The van der Waals surface area contributed by atoms with Gasteiger partial charge in [0.15, 0.2) is 62.9 Å². The lowest BCUT2D eigenvalue weighted by molar-refractivity contribution is -0.392. The van der Waals surface area contributed by atoms with Gasteiger partial charge < -0.3 is 244 Å². The molecule has 1 unspecified atom stereocenters. The van der Waals surface area contributed by atoms with Crippen LogP contribution in [-0.2, 0) is 109 Å². The summed E-state index contributed by atoms with van der Waals surface area (Å²) in [7, 11) is 0. The Bertz CT molecular complexity index is 3270. The Morgan fingerprint density at radius 3 is 0.942 bits per heavy atom. The Hall–Kier alpha value is -3.92. The van der Waals surface area contributed by atoms with Crippen LogP contribution in [0.1, 0.15) is 41.5 Å². The highest BCUT2D eigenvalue weighted by molar-refractivity contribution is 5.74. The van der Waals surface area contributed by atoms with Crippen LogP contribution in [0.15, 0.2) is 0 Å². The van der Waals surface area contributed by atoms with Crippen molar-refractivity contribution in [2.24, 2.45) is 0 Å². The average Bonchev–Trinajstić information content (AvgIpc) is 0.539. The van der Waals surface area contributed by atoms with E-state index in [1.165, 1.54) is 13.8 Å². The highest BCUT2D eigenvalue weighted by Crippen LogP contribution is 2.40. The normalized spacial score (nSPS) is 50.0. The minimum atomic E-state index is -2.37. The van der Waals surface area contributed by atoms with Gasteiger partial charge in [0.1, 0.15) is 232 Å². The van der Waals surface area contributed by atoms with Crippen molar-refractivity contribution >= 4 is 23.6 Å². The zero-order valence-corrected chi connectivity index (χ0v) is 65.5. The quantitative estimate of drug-likeness (QED) is 0.0318. The molecule has 10 aliphatic rings. The molecule has 0 aliphatic carbocycles. The summed E-state index contributed by atoms with van der Waals surface area (Å²) in [4.78, 5) is 51.1. The number of nitrogens with one attached hydrogen (secondary N) is 4. The maximum Gasteiger partial charge on any atom is 0.217 e. The summed E-state index contributed by atoms with van der Waals surface area (Å²) in [5, 5.41) is 298. The molecule has 0 saturated carbocycles. The van der Waals surface area contributed by atoms with Gasteiger partial charge in [-0.1, -0.05) is 0 Å². The standard InChI is InChI=1S/C68H114N4O49/c1-15-33(83)43(93)48(98)63(105-15)103-14-28-55(39(89)29(59(102)107-28)69-17(3)79)115-60-30(70-18(4)80)40(90)52(24(10-76)111-60)116-65-50(100)45(95)37(87)27(114-65)13-104-67-57(46(96)35(85)21(7-73)109-67)120-62-32(72-20(6)82)41(91)53(25(11-77)113-62)117-66-51(101)56(38(88)23(9-75)108-66)119-61-31(71-19(5)81)42(92)54(26(12-78)112-61)118-68-58(47(97)36(86)22(8-74)110-68)121-64-49(99)44(94)34(84)16(2)106-64/h15-16,21-68,73-78,83-102H,7-14H2,1-6H3,(H,69,79)(H,70,80)(H,71,81)(H,72,82)/t15-,16-,21+,22+,23+,24+,25+,26+,27+,28+,29+,30+,31+,32+,33+,34+,35+,36-,37+,38-,39+,40+,41+,42+,43+,44+,45-,46-,47-,48-,49-,50-,51+,52+,53+,54+,55+,56-,57-,58+,59?,60-,61-,62-,63+,64-,65-,66-,67-,68-/m0/s1. The molecular formula is C68H114N4O49. The summed E-state index contributed by atoms with van der Waals surface area (Å²) in [6, 6.07) is -7.40. The third-order valence-corrected chi connectivity index (χ3v) is 22.4. The minimum absolute atomic E-state index is 0.779. The first-order chi connectivity index (χ1) is 57.1. The molecule has 700 valence electrons. The summed E-state index contributed by atoms with van der Waals surface area (Å²) in [6.07, 6.45) is -90.3. The fraction of sp³-hybridized carbons (Fsp3) is 0.941. The summed E-state index contributed by atoms with van der Waals surface area (Å²) in [6.45, 7) is -1.95. The van der Waals surface area contributed by atoms with Crippen LogP contribution < -0.4 is 21.3 Å². The number of aliphatic hydroxyl groups is 26. The molecule has 50 atom stereocenters. The van der Waals surface area contributed by atoms with Crippen LogP contribution in [0.25, 0.3) is 0 Å². The number of hydrogen-bond acceptors (Lipinski definition) is 49. The van der Waals surface area contributed by atoms with Crippen molar-refractivity contribution in [3.63, 3.8) is 0 Å². The van der Waals surface area contributed by atoms with Gasteiger partial charge in [-0.3, -0.25) is 19.2 Å². The summed E-state index contributed by atoms with van der Waals surface area (Å²) in [5.74, 6) is -3.58. The van der Waals surface area contributed by atoms with E-state index in [2.05, 4.69) is 21.3 Å². The number of carbonyl (C=O) groups is 4. The summed E-state index contributed by atoms with van der Waals surface area (Å²) in [5.41, 5.74) is 0. The van der Waals surface area contributed by atoms with E-state index in [1.54, 1.807) is 0 Å². The second-order valence-electron chi connectivity index (χ2n) is 31.0. The van der Waals surface area contributed by atoms with E-state index in [1.807, 2.05) is 0 Å². The van der Waals surface area contributed by atoms with Gasteiger partial charge in [-0.2, -0.15) is 0 Å². The van der Waals surface area contributed by atoms with Gasteiger partial charge in [-0.25, -0.2) is 0 Å². The molecule has 0 aromatic heterocycles. The number of hydrogen-bond donors (Lipinski definition) is 30. The number of aliphatic hydroxyl groups excluding tert-OH is 26. The maximum absolute atomic E-state index is 13.1. The molecule has 30 N–H and O–H groups in total. The third-order valence-electron chi connectivity index (χ3n) is 22.4. The monoisotopic (exact) mass is 1770 g/mol. The molecule has 0 aromatic rings. The molecule has 0 aromatic carbocycles. The van der Waals surface area contributed by atoms with Crippen molar-refractivity contribution < 1.29 is 242 Å². The minimum Gasteiger partial charge on any atom is -0.394 e. The van der Waals surface area contributed by atoms with Gasteiger partial charge >= 0.3 is 0 Å². The van der Waals surface area contributed by atoms with Gasteiger partial charge in [-0.15, -0.1) is 0 Å². The molecular weight excluding hydrogens is 1660 g/mol. The average molecular weight is 1770 g/mol. The van der Waals surface area contributed by atoms with Gasteiger partial charge in [0.05, 0.1) is 65.1 Å². The predicted molar refractivity (Wildman–Crippen MR) is 373 cm³/mol. The Morgan fingerprint density at radius 1 is 0.231 bits per heavy atom. The van der Waals surface area contributed by atoms with Gasteiger partial charge in [0.25, 0.3) is 0 Å². The smallest absolute Gasteiger partial charge is 0.217 e. The van der Waals surface area contributed by atoms with Gasteiger partial charge in [-0.05, 0) is 13.8 Å². The molecule has 53 heteroatoms. The zero-order valence-electron chi connectivity index (χ0n) is 65.5. The zero-order chi connectivity index (χ0) is 89.1. The molecule has 4 amide bonds. The van der Waals surface area contributed by atoms with Crippen LogP contribution in [0.4, 0.5) is 0 Å². The molecule has 10 aliphatic heterocycles. The van der Waals surface area contributed by atoms with Crippen LogP contribution in [-0.4, -0.2) is 516 Å². The molecule has 10 heterocycles. The van der Waals surface area contributed by atoms with Crippen LogP contribution in [0.2, 0.25) is 0 Å². The second-order valence-corrected chi connectivity index (χ2v) is 31.0. The molecule has 10 fully saturated rings. The highest BCUT2D eigenvalue weighted by atomic mass is 16.8. The van der Waals surface area contributed by atoms with Crippen LogP contribution in [0.5, 0.6) is 0 Å². The topological polar surface area (TPSA) is 818 Å². The Kier molecular flexibility index (Phi) is 35.3. The molecule has 0 spiro atoms. The molecule has 10 rings (SSSR count). The Morgan fingerprint density at radius 2 is 0.504 bits per heavy atom. The number of carbonyl (C=O) groups excluding carboxylic acids is 4. The number of amides is 4. The largest absolute Gasteiger partial charge is 0.394 e. The highest BCUT2D eigenvalue weighted by Gasteiger charge is 2.61. The van der Waals surface area contributed by atoms with Crippen molar-refractivity contribution in [2.75, 3.05) is 52.9 Å². The maximum atomic E-state index is 13.1. The third kappa shape index (κ3) is 22.0. The lowest BCUT2D eigenvalue weighted by Gasteiger charge is -2.51. The van der Waals surface area contributed by atoms with E-state index in [4.69, 9.17) is 90.0 Å². The van der Waals surface area contributed by atoms with E-state index >= 15 is 0 Å². The lowest BCUT2D eigenvalue weighted by Crippen LogP contribution is -2.71. The van der Waals surface area contributed by atoms with Crippen molar-refractivity contribution in [3.05, 3.63) is 0 Å². The molecule has 10 saturated heterocycles.